The monoisotopic (exact) mass is 317 g/mol. The molecule has 116 valence electrons. The molecular formula is C18H20ClNO2. The number of amides is 1. The van der Waals surface area contributed by atoms with Crippen molar-refractivity contribution in [2.45, 2.75) is 32.9 Å². The van der Waals surface area contributed by atoms with Gasteiger partial charge < -0.3 is 10.1 Å². The van der Waals surface area contributed by atoms with Gasteiger partial charge in [0, 0.05) is 11.6 Å². The number of carbonyl (C=O) groups excluding carboxylic acids is 1. The van der Waals surface area contributed by atoms with Crippen LogP contribution in [0, 0.1) is 6.92 Å². The number of aryl methyl sites for hydroxylation is 1. The minimum Gasteiger partial charge on any atom is -0.481 e. The maximum atomic E-state index is 12.2. The third-order valence-electron chi connectivity index (χ3n) is 3.32. The molecule has 0 radical (unpaired) electrons. The predicted molar refractivity (Wildman–Crippen MR) is 89.2 cm³/mol. The molecule has 0 saturated carbocycles. The van der Waals surface area contributed by atoms with Crippen LogP contribution in [0.2, 0.25) is 5.02 Å². The fourth-order valence-corrected chi connectivity index (χ4v) is 2.22. The summed E-state index contributed by atoms with van der Waals surface area (Å²) in [6.07, 6.45) is 0.0654. The molecule has 0 aliphatic rings. The van der Waals surface area contributed by atoms with Crippen LogP contribution in [0.15, 0.2) is 48.5 Å². The molecule has 1 unspecified atom stereocenters. The van der Waals surface area contributed by atoms with Crippen LogP contribution < -0.4 is 10.1 Å². The Balaban J connectivity index is 1.92. The molecule has 1 atom stereocenters. The van der Waals surface area contributed by atoms with Crippen LogP contribution >= 0.6 is 11.6 Å². The van der Waals surface area contributed by atoms with Crippen LogP contribution in [0.4, 0.5) is 0 Å². The first-order valence-electron chi connectivity index (χ1n) is 7.34. The summed E-state index contributed by atoms with van der Waals surface area (Å²) in [6, 6.07) is 15.1. The van der Waals surface area contributed by atoms with Crippen LogP contribution in [0.5, 0.6) is 5.75 Å². The Morgan fingerprint density at radius 2 is 1.95 bits per heavy atom. The average Bonchev–Trinajstić information content (AvgIpc) is 2.52. The molecule has 0 heterocycles. The number of hydrogen-bond donors (Lipinski definition) is 1. The van der Waals surface area contributed by atoms with Crippen molar-refractivity contribution >= 4 is 17.5 Å². The zero-order valence-electron chi connectivity index (χ0n) is 12.8. The van der Waals surface area contributed by atoms with Crippen LogP contribution in [0.3, 0.4) is 0 Å². The van der Waals surface area contributed by atoms with Gasteiger partial charge in [0.25, 0.3) is 5.91 Å². The second-order valence-corrected chi connectivity index (χ2v) is 5.61. The van der Waals surface area contributed by atoms with E-state index in [0.29, 0.717) is 23.7 Å². The quantitative estimate of drug-likeness (QED) is 0.870. The van der Waals surface area contributed by atoms with Gasteiger partial charge in [0.05, 0.1) is 0 Å². The minimum atomic E-state index is -0.524. The summed E-state index contributed by atoms with van der Waals surface area (Å²) in [5.41, 5.74) is 2.27. The van der Waals surface area contributed by atoms with E-state index in [1.807, 2.05) is 38.1 Å². The van der Waals surface area contributed by atoms with E-state index in [2.05, 4.69) is 5.32 Å². The van der Waals surface area contributed by atoms with E-state index < -0.39 is 6.10 Å². The molecule has 2 rings (SSSR count). The van der Waals surface area contributed by atoms with E-state index in [9.17, 15) is 4.79 Å². The summed E-state index contributed by atoms with van der Waals surface area (Å²) >= 11 is 5.92. The predicted octanol–water partition coefficient (Wildman–Crippen LogP) is 4.12. The van der Waals surface area contributed by atoms with E-state index in [-0.39, 0.29) is 5.91 Å². The van der Waals surface area contributed by atoms with Crippen molar-refractivity contribution in [2.75, 3.05) is 0 Å². The Labute approximate surface area is 136 Å². The fraction of sp³-hybridized carbons (Fsp3) is 0.278. The molecule has 1 N–H and O–H groups in total. The van der Waals surface area contributed by atoms with Gasteiger partial charge in [-0.2, -0.15) is 0 Å². The minimum absolute atomic E-state index is 0.122. The first kappa shape index (κ1) is 16.4. The van der Waals surface area contributed by atoms with Crippen molar-refractivity contribution in [3.8, 4) is 5.75 Å². The van der Waals surface area contributed by atoms with Gasteiger partial charge in [-0.25, -0.2) is 0 Å². The highest BCUT2D eigenvalue weighted by molar-refractivity contribution is 6.30. The zero-order chi connectivity index (χ0) is 15.9. The van der Waals surface area contributed by atoms with E-state index in [1.54, 1.807) is 24.3 Å². The maximum Gasteiger partial charge on any atom is 0.261 e. The van der Waals surface area contributed by atoms with Gasteiger partial charge in [0.1, 0.15) is 5.75 Å². The number of carbonyl (C=O) groups is 1. The molecule has 0 aliphatic heterocycles. The first-order chi connectivity index (χ1) is 10.6. The number of nitrogens with one attached hydrogen (secondary N) is 1. The topological polar surface area (TPSA) is 38.3 Å². The van der Waals surface area contributed by atoms with Crippen molar-refractivity contribution < 1.29 is 9.53 Å². The molecular weight excluding hydrogens is 298 g/mol. The van der Waals surface area contributed by atoms with Crippen LogP contribution in [-0.2, 0) is 11.3 Å². The van der Waals surface area contributed by atoms with Crippen molar-refractivity contribution in [2.24, 2.45) is 0 Å². The first-order valence-corrected chi connectivity index (χ1v) is 7.71. The van der Waals surface area contributed by atoms with Gasteiger partial charge >= 0.3 is 0 Å². The highest BCUT2D eigenvalue weighted by Gasteiger charge is 2.18. The number of halogens is 1. The summed E-state index contributed by atoms with van der Waals surface area (Å²) in [4.78, 5) is 12.2. The molecule has 0 fully saturated rings. The van der Waals surface area contributed by atoms with E-state index in [1.165, 1.54) is 5.56 Å². The number of ether oxygens (including phenoxy) is 1. The molecule has 2 aromatic carbocycles. The van der Waals surface area contributed by atoms with Crippen molar-refractivity contribution in [1.82, 2.24) is 5.32 Å². The standard InChI is InChI=1S/C18H20ClNO2/c1-3-17(22-16-6-4-5-15(19)11-16)18(21)20-12-14-9-7-13(2)8-10-14/h4-11,17H,3,12H2,1-2H3,(H,20,21). The van der Waals surface area contributed by atoms with Crippen LogP contribution in [0.25, 0.3) is 0 Å². The second-order valence-electron chi connectivity index (χ2n) is 5.18. The Morgan fingerprint density at radius 3 is 2.59 bits per heavy atom. The molecule has 0 aliphatic carbocycles. The molecule has 4 heteroatoms. The van der Waals surface area contributed by atoms with Gasteiger partial charge in [0.15, 0.2) is 6.10 Å². The van der Waals surface area contributed by atoms with Crippen molar-refractivity contribution in [3.63, 3.8) is 0 Å². The highest BCUT2D eigenvalue weighted by Crippen LogP contribution is 2.19. The molecule has 22 heavy (non-hydrogen) atoms. The van der Waals surface area contributed by atoms with Gasteiger partial charge in [-0.05, 0) is 37.1 Å². The lowest BCUT2D eigenvalue weighted by molar-refractivity contribution is -0.128. The Bertz CT molecular complexity index is 625. The van der Waals surface area contributed by atoms with Gasteiger partial charge in [-0.15, -0.1) is 0 Å². The molecule has 0 spiro atoms. The van der Waals surface area contributed by atoms with Gasteiger partial charge in [-0.3, -0.25) is 4.79 Å². The van der Waals surface area contributed by atoms with Gasteiger partial charge in [0.2, 0.25) is 0 Å². The molecule has 3 nitrogen and oxygen atoms in total. The van der Waals surface area contributed by atoms with Crippen LogP contribution in [0.1, 0.15) is 24.5 Å². The number of benzene rings is 2. The molecule has 0 aromatic heterocycles. The fourth-order valence-electron chi connectivity index (χ4n) is 2.04. The SMILES string of the molecule is CCC(Oc1cccc(Cl)c1)C(=O)NCc1ccc(C)cc1. The number of hydrogen-bond acceptors (Lipinski definition) is 2. The highest BCUT2D eigenvalue weighted by atomic mass is 35.5. The van der Waals surface area contributed by atoms with Crippen molar-refractivity contribution in [1.29, 1.82) is 0 Å². The second kappa shape index (κ2) is 7.85. The maximum absolute atomic E-state index is 12.2. The largest absolute Gasteiger partial charge is 0.481 e. The Kier molecular flexibility index (Phi) is 5.84. The third-order valence-corrected chi connectivity index (χ3v) is 3.56. The molecule has 2 aromatic rings. The summed E-state index contributed by atoms with van der Waals surface area (Å²) in [7, 11) is 0. The Morgan fingerprint density at radius 1 is 1.23 bits per heavy atom. The van der Waals surface area contributed by atoms with Gasteiger partial charge in [-0.1, -0.05) is 54.4 Å². The van der Waals surface area contributed by atoms with Crippen molar-refractivity contribution in [3.05, 3.63) is 64.7 Å². The lowest BCUT2D eigenvalue weighted by Gasteiger charge is -2.17. The molecule has 0 bridgehead atoms. The number of rotatable bonds is 6. The lowest BCUT2D eigenvalue weighted by atomic mass is 10.1. The van der Waals surface area contributed by atoms with E-state index in [0.717, 1.165) is 5.56 Å². The average molecular weight is 318 g/mol. The smallest absolute Gasteiger partial charge is 0.261 e. The Hall–Kier alpha value is -2.00. The van der Waals surface area contributed by atoms with E-state index >= 15 is 0 Å². The van der Waals surface area contributed by atoms with E-state index in [4.69, 9.17) is 16.3 Å². The molecule has 1 amide bonds. The summed E-state index contributed by atoms with van der Waals surface area (Å²) in [5.74, 6) is 0.480. The molecule has 0 saturated heterocycles. The lowest BCUT2D eigenvalue weighted by Crippen LogP contribution is -2.37. The summed E-state index contributed by atoms with van der Waals surface area (Å²) < 4.78 is 5.72. The summed E-state index contributed by atoms with van der Waals surface area (Å²) in [5, 5.41) is 3.50. The summed E-state index contributed by atoms with van der Waals surface area (Å²) in [6.45, 7) is 4.45. The normalized spacial score (nSPS) is 11.8. The van der Waals surface area contributed by atoms with Crippen LogP contribution in [-0.4, -0.2) is 12.0 Å². The third kappa shape index (κ3) is 4.78. The zero-order valence-corrected chi connectivity index (χ0v) is 13.6.